The number of furan rings is 1. The van der Waals surface area contributed by atoms with Crippen molar-refractivity contribution >= 4 is 11.3 Å². The van der Waals surface area contributed by atoms with Gasteiger partial charge in [0, 0.05) is 0 Å². The topological polar surface area (TPSA) is 101 Å². The predicted octanol–water partition coefficient (Wildman–Crippen LogP) is 2.95. The van der Waals surface area contributed by atoms with Gasteiger partial charge in [0.2, 0.25) is 11.8 Å². The van der Waals surface area contributed by atoms with Gasteiger partial charge in [-0.25, -0.2) is 0 Å². The van der Waals surface area contributed by atoms with Gasteiger partial charge in [-0.05, 0) is 23.6 Å². The van der Waals surface area contributed by atoms with Gasteiger partial charge >= 0.3 is 0 Å². The smallest absolute Gasteiger partial charge is 0.244 e. The second-order valence-electron chi connectivity index (χ2n) is 4.73. The summed E-state index contributed by atoms with van der Waals surface area (Å²) in [4.78, 5) is 1.01. The van der Waals surface area contributed by atoms with E-state index >= 15 is 0 Å². The fourth-order valence-electron chi connectivity index (χ4n) is 2.59. The lowest BCUT2D eigenvalue weighted by atomic mass is 9.87. The summed E-state index contributed by atoms with van der Waals surface area (Å²) < 4.78 is 11.0. The highest BCUT2D eigenvalue weighted by atomic mass is 32.1. The van der Waals surface area contributed by atoms with E-state index in [1.54, 1.807) is 23.7 Å². The van der Waals surface area contributed by atoms with Gasteiger partial charge in [-0.15, -0.1) is 16.4 Å². The summed E-state index contributed by atoms with van der Waals surface area (Å²) >= 11 is 1.57. The summed E-state index contributed by atoms with van der Waals surface area (Å²) in [5.74, 6) is 0.629. The average Bonchev–Trinajstić information content (AvgIpc) is 3.26. The number of rotatable bonds is 2. The monoisotopic (exact) mass is 310 g/mol. The van der Waals surface area contributed by atoms with E-state index in [4.69, 9.17) is 14.9 Å². The fraction of sp³-hybridized carbons (Fsp3) is 0.0667. The zero-order chi connectivity index (χ0) is 15.1. The molecule has 0 unspecified atom stereocenters. The minimum Gasteiger partial charge on any atom is -0.468 e. The molecule has 0 fully saturated rings. The number of nitrogens with two attached hydrogens (primary N) is 1. The number of hydrogen-bond acceptors (Lipinski definition) is 6. The van der Waals surface area contributed by atoms with Crippen molar-refractivity contribution in [3.05, 3.63) is 58.7 Å². The van der Waals surface area contributed by atoms with Gasteiger partial charge in [0.05, 0.1) is 28.3 Å². The van der Waals surface area contributed by atoms with Crippen molar-refractivity contribution in [1.82, 2.24) is 10.2 Å². The quantitative estimate of drug-likeness (QED) is 0.758. The molecule has 1 aliphatic heterocycles. The fourth-order valence-corrected chi connectivity index (χ4v) is 3.33. The molecule has 0 saturated carbocycles. The molecule has 1 aliphatic rings. The van der Waals surface area contributed by atoms with Gasteiger partial charge in [-0.1, -0.05) is 6.07 Å². The lowest BCUT2D eigenvalue weighted by Crippen LogP contribution is -2.20. The maximum Gasteiger partial charge on any atom is 0.244 e. The van der Waals surface area contributed by atoms with Gasteiger partial charge in [0.15, 0.2) is 0 Å². The minimum atomic E-state index is -0.431. The van der Waals surface area contributed by atoms with Crippen LogP contribution in [0.4, 0.5) is 0 Å². The molecule has 22 heavy (non-hydrogen) atoms. The Morgan fingerprint density at radius 1 is 1.36 bits per heavy atom. The molecule has 0 aliphatic carbocycles. The number of nitrogens with zero attached hydrogens (tertiary/aromatic N) is 2. The van der Waals surface area contributed by atoms with E-state index in [9.17, 15) is 5.26 Å². The number of fused-ring (bicyclic) bond motifs is 1. The van der Waals surface area contributed by atoms with Crippen molar-refractivity contribution in [1.29, 1.82) is 5.26 Å². The number of aromatic nitrogens is 2. The van der Waals surface area contributed by atoms with Crippen LogP contribution >= 0.6 is 11.3 Å². The molecule has 4 rings (SSSR count). The Hall–Kier alpha value is -2.98. The summed E-state index contributed by atoms with van der Waals surface area (Å²) in [7, 11) is 0. The molecule has 108 valence electrons. The number of H-pyrrole nitrogens is 1. The van der Waals surface area contributed by atoms with Crippen molar-refractivity contribution in [2.75, 3.05) is 0 Å². The van der Waals surface area contributed by atoms with E-state index in [0.29, 0.717) is 17.2 Å². The summed E-state index contributed by atoms with van der Waals surface area (Å²) in [5.41, 5.74) is 7.77. The van der Waals surface area contributed by atoms with E-state index in [1.807, 2.05) is 23.6 Å². The summed E-state index contributed by atoms with van der Waals surface area (Å²) in [6.07, 6.45) is 1.57. The highest BCUT2D eigenvalue weighted by Gasteiger charge is 2.37. The van der Waals surface area contributed by atoms with Crippen LogP contribution in [0.1, 0.15) is 17.2 Å². The van der Waals surface area contributed by atoms with Crippen molar-refractivity contribution in [2.24, 2.45) is 5.73 Å². The number of ether oxygens (including phenoxy) is 1. The Bertz CT molecular complexity index is 885. The van der Waals surface area contributed by atoms with Gasteiger partial charge < -0.3 is 14.9 Å². The summed E-state index contributed by atoms with van der Waals surface area (Å²) in [6.45, 7) is 0. The number of thiophene rings is 1. The standard InChI is InChI=1S/C15H10N4O2S/c16-7-8-11(9-3-1-5-20-9)12-13(10-4-2-6-22-10)18-19-15(12)21-14(8)17/h1-6,11H,17H2,(H,18,19)/t11-/m0/s1. The molecule has 0 radical (unpaired) electrons. The van der Waals surface area contributed by atoms with E-state index in [2.05, 4.69) is 16.3 Å². The van der Waals surface area contributed by atoms with Crippen LogP contribution in [0.3, 0.4) is 0 Å². The van der Waals surface area contributed by atoms with Crippen LogP contribution in [0, 0.1) is 11.3 Å². The SMILES string of the molecule is N#CC1=C(N)Oc2n[nH]c(-c3cccs3)c2[C@@H]1c1ccco1. The maximum absolute atomic E-state index is 9.48. The van der Waals surface area contributed by atoms with Gasteiger partial charge in [0.1, 0.15) is 17.4 Å². The average molecular weight is 310 g/mol. The van der Waals surface area contributed by atoms with Crippen LogP contribution in [0.5, 0.6) is 5.88 Å². The number of allylic oxidation sites excluding steroid dienone is 1. The largest absolute Gasteiger partial charge is 0.468 e. The Morgan fingerprint density at radius 3 is 2.95 bits per heavy atom. The second-order valence-corrected chi connectivity index (χ2v) is 5.68. The molecule has 4 heterocycles. The van der Waals surface area contributed by atoms with Crippen LogP contribution in [0.2, 0.25) is 0 Å². The Balaban J connectivity index is 1.97. The maximum atomic E-state index is 9.48. The van der Waals surface area contributed by atoms with Crippen LogP contribution in [-0.2, 0) is 0 Å². The van der Waals surface area contributed by atoms with Crippen LogP contribution in [0.15, 0.2) is 51.8 Å². The third kappa shape index (κ3) is 1.75. The molecule has 0 amide bonds. The molecule has 1 atom stereocenters. The van der Waals surface area contributed by atoms with E-state index in [1.165, 1.54) is 0 Å². The van der Waals surface area contributed by atoms with Crippen molar-refractivity contribution in [3.63, 3.8) is 0 Å². The zero-order valence-corrected chi connectivity index (χ0v) is 12.1. The first-order chi connectivity index (χ1) is 10.8. The molecule has 0 bridgehead atoms. The van der Waals surface area contributed by atoms with Crippen molar-refractivity contribution in [3.8, 4) is 22.5 Å². The van der Waals surface area contributed by atoms with Crippen molar-refractivity contribution < 1.29 is 9.15 Å². The van der Waals surface area contributed by atoms with Crippen LogP contribution in [-0.4, -0.2) is 10.2 Å². The van der Waals surface area contributed by atoms with Crippen LogP contribution in [0.25, 0.3) is 10.6 Å². The predicted molar refractivity (Wildman–Crippen MR) is 79.9 cm³/mol. The van der Waals surface area contributed by atoms with Crippen LogP contribution < -0.4 is 10.5 Å². The molecule has 7 heteroatoms. The first-order valence-corrected chi connectivity index (χ1v) is 7.40. The molecule has 6 nitrogen and oxygen atoms in total. The molecule has 0 saturated heterocycles. The lowest BCUT2D eigenvalue weighted by Gasteiger charge is -2.21. The van der Waals surface area contributed by atoms with Gasteiger partial charge in [0.25, 0.3) is 0 Å². The van der Waals surface area contributed by atoms with Gasteiger partial charge in [-0.3, -0.25) is 5.10 Å². The van der Waals surface area contributed by atoms with Gasteiger partial charge in [-0.2, -0.15) is 5.26 Å². The number of hydrogen-bond donors (Lipinski definition) is 2. The number of nitrogens with one attached hydrogen (secondary N) is 1. The molecule has 0 aromatic carbocycles. The Kier molecular flexibility index (Phi) is 2.77. The first kappa shape index (κ1) is 12.7. The van der Waals surface area contributed by atoms with E-state index in [-0.39, 0.29) is 5.88 Å². The summed E-state index contributed by atoms with van der Waals surface area (Å²) in [6, 6.07) is 9.65. The normalized spacial score (nSPS) is 17.0. The van der Waals surface area contributed by atoms with Crippen molar-refractivity contribution in [2.45, 2.75) is 5.92 Å². The molecule has 3 N–H and O–H groups in total. The molecule has 0 spiro atoms. The summed E-state index contributed by atoms with van der Waals surface area (Å²) in [5, 5.41) is 18.6. The lowest BCUT2D eigenvalue weighted by molar-refractivity contribution is 0.371. The zero-order valence-electron chi connectivity index (χ0n) is 11.2. The first-order valence-electron chi connectivity index (χ1n) is 6.52. The Morgan fingerprint density at radius 2 is 2.27 bits per heavy atom. The minimum absolute atomic E-state index is 0.0561. The molecule has 3 aromatic rings. The second kappa shape index (κ2) is 4.79. The number of nitriles is 1. The molecule has 3 aromatic heterocycles. The third-order valence-electron chi connectivity index (χ3n) is 3.53. The molecular weight excluding hydrogens is 300 g/mol. The van der Waals surface area contributed by atoms with E-state index < -0.39 is 5.92 Å². The van der Waals surface area contributed by atoms with E-state index in [0.717, 1.165) is 16.1 Å². The molecular formula is C15H10N4O2S. The number of aromatic amines is 1. The highest BCUT2D eigenvalue weighted by molar-refractivity contribution is 7.13. The Labute approximate surface area is 129 Å². The third-order valence-corrected chi connectivity index (χ3v) is 4.42. The highest BCUT2D eigenvalue weighted by Crippen LogP contribution is 2.46.